The number of carbonyl (C=O) groups excluding carboxylic acids is 2. The molecule has 1 amide bonds. The molecule has 1 heterocycles. The highest BCUT2D eigenvalue weighted by Crippen LogP contribution is 2.12. The molecule has 0 unspecified atom stereocenters. The van der Waals surface area contributed by atoms with Gasteiger partial charge in [0.05, 0.1) is 25.6 Å². The van der Waals surface area contributed by atoms with Crippen LogP contribution in [0.2, 0.25) is 0 Å². The summed E-state index contributed by atoms with van der Waals surface area (Å²) >= 11 is 0. The van der Waals surface area contributed by atoms with Gasteiger partial charge in [0.2, 0.25) is 5.91 Å². The zero-order chi connectivity index (χ0) is 15.3. The van der Waals surface area contributed by atoms with Gasteiger partial charge in [0.15, 0.2) is 0 Å². The van der Waals surface area contributed by atoms with E-state index >= 15 is 0 Å². The number of nitrogens with zero attached hydrogens (tertiary/aromatic N) is 1. The second-order valence-electron chi connectivity index (χ2n) is 4.22. The minimum absolute atomic E-state index is 0.0634. The molecule has 2 N–H and O–H groups in total. The molecule has 8 nitrogen and oxygen atoms in total. The van der Waals surface area contributed by atoms with E-state index in [0.717, 1.165) is 7.11 Å². The second kappa shape index (κ2) is 6.69. The van der Waals surface area contributed by atoms with Crippen LogP contribution in [0.15, 0.2) is 4.52 Å². The number of aryl methyl sites for hydroxylation is 2. The number of hydrogen-bond acceptors (Lipinski definition) is 6. The largest absolute Gasteiger partial charge is 0.480 e. The molecular formula is C12H16N2O6. The van der Waals surface area contributed by atoms with Crippen molar-refractivity contribution in [1.82, 2.24) is 10.5 Å². The van der Waals surface area contributed by atoms with Crippen molar-refractivity contribution >= 4 is 17.8 Å². The monoisotopic (exact) mass is 284 g/mol. The van der Waals surface area contributed by atoms with Crippen molar-refractivity contribution in [2.75, 3.05) is 7.11 Å². The molecule has 0 aromatic carbocycles. The first-order valence-electron chi connectivity index (χ1n) is 5.85. The van der Waals surface area contributed by atoms with Crippen molar-refractivity contribution in [2.45, 2.75) is 32.7 Å². The number of nitrogens with one attached hydrogen (secondary N) is 1. The Kier molecular flexibility index (Phi) is 5.24. The van der Waals surface area contributed by atoms with Gasteiger partial charge in [-0.15, -0.1) is 0 Å². The third-order valence-corrected chi connectivity index (χ3v) is 2.75. The maximum atomic E-state index is 11.8. The van der Waals surface area contributed by atoms with E-state index in [-0.39, 0.29) is 6.42 Å². The third-order valence-electron chi connectivity index (χ3n) is 2.75. The van der Waals surface area contributed by atoms with Crippen LogP contribution in [0.4, 0.5) is 0 Å². The number of esters is 1. The Morgan fingerprint density at radius 1 is 1.40 bits per heavy atom. The number of aromatic nitrogens is 1. The van der Waals surface area contributed by atoms with Gasteiger partial charge in [-0.3, -0.25) is 9.59 Å². The molecule has 1 aromatic rings. The van der Waals surface area contributed by atoms with Gasteiger partial charge in [0.25, 0.3) is 0 Å². The lowest BCUT2D eigenvalue weighted by atomic mass is 10.1. The number of hydrogen-bond donors (Lipinski definition) is 2. The zero-order valence-corrected chi connectivity index (χ0v) is 11.4. The summed E-state index contributed by atoms with van der Waals surface area (Å²) in [5, 5.41) is 14.9. The summed E-state index contributed by atoms with van der Waals surface area (Å²) in [6.07, 6.45) is -0.495. The quantitative estimate of drug-likeness (QED) is 0.704. The number of amides is 1. The number of aliphatic carboxylic acids is 1. The van der Waals surface area contributed by atoms with Crippen molar-refractivity contribution in [3.8, 4) is 0 Å². The Morgan fingerprint density at radius 3 is 2.50 bits per heavy atom. The number of carboxylic acids is 1. The molecule has 0 radical (unpaired) electrons. The summed E-state index contributed by atoms with van der Waals surface area (Å²) < 4.78 is 9.29. The third kappa shape index (κ3) is 4.08. The predicted molar refractivity (Wildman–Crippen MR) is 65.9 cm³/mol. The van der Waals surface area contributed by atoms with E-state index in [0.29, 0.717) is 17.0 Å². The van der Waals surface area contributed by atoms with E-state index in [9.17, 15) is 14.4 Å². The molecule has 8 heteroatoms. The smallest absolute Gasteiger partial charge is 0.326 e. The van der Waals surface area contributed by atoms with Gasteiger partial charge in [-0.1, -0.05) is 5.16 Å². The van der Waals surface area contributed by atoms with Crippen LogP contribution in [-0.2, 0) is 25.5 Å². The predicted octanol–water partition coefficient (Wildman–Crippen LogP) is -0.0336. The topological polar surface area (TPSA) is 119 Å². The molecule has 0 bridgehead atoms. The van der Waals surface area contributed by atoms with E-state index in [1.54, 1.807) is 13.8 Å². The molecule has 0 aliphatic rings. The lowest BCUT2D eigenvalue weighted by Crippen LogP contribution is -2.43. The van der Waals surface area contributed by atoms with Crippen LogP contribution >= 0.6 is 0 Å². The van der Waals surface area contributed by atoms with Gasteiger partial charge in [-0.25, -0.2) is 4.79 Å². The fourth-order valence-electron chi connectivity index (χ4n) is 1.61. The van der Waals surface area contributed by atoms with Crippen LogP contribution in [0.1, 0.15) is 23.4 Å². The number of methoxy groups -OCH3 is 1. The fourth-order valence-corrected chi connectivity index (χ4v) is 1.61. The van der Waals surface area contributed by atoms with Crippen molar-refractivity contribution in [2.24, 2.45) is 0 Å². The Balaban J connectivity index is 2.67. The van der Waals surface area contributed by atoms with Gasteiger partial charge in [0, 0.05) is 5.56 Å². The normalized spacial score (nSPS) is 11.8. The summed E-state index contributed by atoms with van der Waals surface area (Å²) in [6, 6.07) is -1.32. The average Bonchev–Trinajstić information content (AvgIpc) is 2.69. The first kappa shape index (κ1) is 15.7. The lowest BCUT2D eigenvalue weighted by Gasteiger charge is -2.13. The van der Waals surface area contributed by atoms with E-state index in [2.05, 4.69) is 15.2 Å². The summed E-state index contributed by atoms with van der Waals surface area (Å²) in [5.74, 6) is -2.05. The molecule has 0 aliphatic carbocycles. The molecule has 1 atom stereocenters. The van der Waals surface area contributed by atoms with Gasteiger partial charge in [-0.2, -0.15) is 0 Å². The Hall–Kier alpha value is -2.38. The van der Waals surface area contributed by atoms with E-state index in [1.807, 2.05) is 0 Å². The standard InChI is InChI=1S/C12H16N2O6/c1-6-8(7(2)20-14-6)4-10(15)13-9(12(17)18)5-11(16)19-3/h9H,4-5H2,1-3H3,(H,13,15)(H,17,18)/t9-/m0/s1. The number of rotatable bonds is 6. The molecule has 0 spiro atoms. The van der Waals surface area contributed by atoms with Crippen LogP contribution < -0.4 is 5.32 Å². The minimum atomic E-state index is -1.32. The Labute approximate surface area is 115 Å². The van der Waals surface area contributed by atoms with Gasteiger partial charge < -0.3 is 19.7 Å². The van der Waals surface area contributed by atoms with Crippen molar-refractivity contribution in [1.29, 1.82) is 0 Å². The number of carboxylic acid groups (broad SMARTS) is 1. The maximum absolute atomic E-state index is 11.8. The molecule has 1 aromatic heterocycles. The van der Waals surface area contributed by atoms with E-state index in [4.69, 9.17) is 9.63 Å². The summed E-state index contributed by atoms with van der Waals surface area (Å²) in [6.45, 7) is 3.34. The molecule has 0 aliphatic heterocycles. The molecule has 20 heavy (non-hydrogen) atoms. The van der Waals surface area contributed by atoms with Crippen molar-refractivity contribution in [3.63, 3.8) is 0 Å². The van der Waals surface area contributed by atoms with Gasteiger partial charge in [0.1, 0.15) is 11.8 Å². The Bertz CT molecular complexity index is 503. The Morgan fingerprint density at radius 2 is 2.05 bits per heavy atom. The van der Waals surface area contributed by atoms with Crippen LogP contribution in [0, 0.1) is 13.8 Å². The zero-order valence-electron chi connectivity index (χ0n) is 11.4. The molecule has 0 saturated carbocycles. The lowest BCUT2D eigenvalue weighted by molar-refractivity contribution is -0.148. The van der Waals surface area contributed by atoms with E-state index < -0.39 is 30.3 Å². The minimum Gasteiger partial charge on any atom is -0.480 e. The van der Waals surface area contributed by atoms with Gasteiger partial charge >= 0.3 is 11.9 Å². The highest BCUT2D eigenvalue weighted by molar-refractivity contribution is 5.88. The summed E-state index contributed by atoms with van der Waals surface area (Å²) in [7, 11) is 1.15. The molecular weight excluding hydrogens is 268 g/mol. The molecule has 0 fully saturated rings. The number of carbonyl (C=O) groups is 3. The van der Waals surface area contributed by atoms with Crippen LogP contribution in [0.5, 0.6) is 0 Å². The average molecular weight is 284 g/mol. The molecule has 110 valence electrons. The second-order valence-corrected chi connectivity index (χ2v) is 4.22. The first-order chi connectivity index (χ1) is 9.35. The number of ether oxygens (including phenoxy) is 1. The molecule has 1 rings (SSSR count). The van der Waals surface area contributed by atoms with Crippen molar-refractivity contribution in [3.05, 3.63) is 17.0 Å². The SMILES string of the molecule is COC(=O)C[C@H](NC(=O)Cc1c(C)noc1C)C(=O)O. The summed E-state index contributed by atoms with van der Waals surface area (Å²) in [5.41, 5.74) is 1.17. The summed E-state index contributed by atoms with van der Waals surface area (Å²) in [4.78, 5) is 33.8. The van der Waals surface area contributed by atoms with Crippen LogP contribution in [0.3, 0.4) is 0 Å². The fraction of sp³-hybridized carbons (Fsp3) is 0.500. The maximum Gasteiger partial charge on any atom is 0.326 e. The highest BCUT2D eigenvalue weighted by atomic mass is 16.5. The van der Waals surface area contributed by atoms with Crippen LogP contribution in [-0.4, -0.2) is 41.3 Å². The van der Waals surface area contributed by atoms with Crippen LogP contribution in [0.25, 0.3) is 0 Å². The molecule has 0 saturated heterocycles. The highest BCUT2D eigenvalue weighted by Gasteiger charge is 2.24. The van der Waals surface area contributed by atoms with Gasteiger partial charge in [-0.05, 0) is 13.8 Å². The van der Waals surface area contributed by atoms with Crippen molar-refractivity contribution < 1.29 is 28.8 Å². The van der Waals surface area contributed by atoms with E-state index in [1.165, 1.54) is 0 Å². The first-order valence-corrected chi connectivity index (χ1v) is 5.85.